The molecule has 0 atom stereocenters. The van der Waals surface area contributed by atoms with E-state index in [0.29, 0.717) is 6.67 Å². The van der Waals surface area contributed by atoms with Gasteiger partial charge in [-0.2, -0.15) is 0 Å². The van der Waals surface area contributed by atoms with E-state index in [-0.39, 0.29) is 0 Å². The Balaban J connectivity index is 3.03. The Kier molecular flexibility index (Phi) is 7.78. The van der Waals surface area contributed by atoms with Crippen LogP contribution in [0.2, 0.25) is 0 Å². The summed E-state index contributed by atoms with van der Waals surface area (Å²) in [5, 5.41) is 5.23. The number of rotatable bonds is 5. The van der Waals surface area contributed by atoms with Gasteiger partial charge in [-0.1, -0.05) is 25.6 Å². The average Bonchev–Trinajstić information content (AvgIpc) is 1.87. The molecule has 4 nitrogen and oxygen atoms in total. The van der Waals surface area contributed by atoms with Crippen LogP contribution in [-0.4, -0.2) is 21.1 Å². The van der Waals surface area contributed by atoms with E-state index in [1.165, 1.54) is 27.4 Å². The van der Waals surface area contributed by atoms with Crippen molar-refractivity contribution < 1.29 is 0 Å². The van der Waals surface area contributed by atoms with Crippen molar-refractivity contribution in [3.8, 4) is 0 Å². The molecule has 10 heavy (non-hydrogen) atoms. The van der Waals surface area contributed by atoms with Crippen LogP contribution in [0.25, 0.3) is 0 Å². The third kappa shape index (κ3) is 7.35. The molecule has 62 valence electrons. The van der Waals surface area contributed by atoms with E-state index in [0.717, 1.165) is 0 Å². The molecule has 0 aromatic carbocycles. The van der Waals surface area contributed by atoms with E-state index < -0.39 is 0 Å². The van der Waals surface area contributed by atoms with Gasteiger partial charge < -0.3 is 0 Å². The lowest BCUT2D eigenvalue weighted by Gasteiger charge is -2.13. The number of hydrogen-bond donors (Lipinski definition) is 4. The van der Waals surface area contributed by atoms with Crippen LogP contribution >= 0.6 is 49.9 Å². The van der Waals surface area contributed by atoms with Crippen molar-refractivity contribution in [1.82, 2.24) is 12.1 Å². The molecule has 0 aliphatic carbocycles. The number of hydrogen-bond acceptors (Lipinski definition) is 8. The number of nitrogens with two attached hydrogens (primary N) is 1. The van der Waals surface area contributed by atoms with Crippen molar-refractivity contribution in [3.63, 3.8) is 0 Å². The molecule has 0 saturated carbocycles. The van der Waals surface area contributed by atoms with Crippen LogP contribution in [0.5, 0.6) is 0 Å². The highest BCUT2D eigenvalue weighted by atomic mass is 32.3. The minimum Gasteiger partial charge on any atom is -0.264 e. The lowest BCUT2D eigenvalue weighted by molar-refractivity contribution is 0.562. The lowest BCUT2D eigenvalue weighted by atomic mass is 11.1. The largest absolute Gasteiger partial charge is 0.264 e. The van der Waals surface area contributed by atoms with Crippen molar-refractivity contribution in [3.05, 3.63) is 0 Å². The second-order valence-corrected chi connectivity index (χ2v) is 4.71. The Morgan fingerprint density at radius 1 is 1.60 bits per heavy atom. The fraction of sp³-hybridized carbons (Fsp3) is 1.00. The van der Waals surface area contributed by atoms with Gasteiger partial charge in [0.25, 0.3) is 0 Å². The number of thiol groups is 2. The summed E-state index contributed by atoms with van der Waals surface area (Å²) >= 11 is 10.2. The van der Waals surface area contributed by atoms with Crippen LogP contribution in [0.3, 0.4) is 0 Å². The monoisotopic (exact) mass is 218 g/mol. The SMILES string of the molecule is CN(CNSN(S)S)SN. The maximum atomic E-state index is 5.23. The van der Waals surface area contributed by atoms with Gasteiger partial charge in [0, 0.05) is 31.3 Å². The molecule has 0 heterocycles. The summed E-state index contributed by atoms with van der Waals surface area (Å²) in [5.41, 5.74) is 0. The Bertz CT molecular complexity index is 79.7. The van der Waals surface area contributed by atoms with E-state index in [9.17, 15) is 0 Å². The maximum absolute atomic E-state index is 5.23. The summed E-state index contributed by atoms with van der Waals surface area (Å²) in [5.74, 6) is 0. The molecule has 0 saturated heterocycles. The molecule has 0 aliphatic heterocycles. The van der Waals surface area contributed by atoms with Crippen LogP contribution in [0.1, 0.15) is 0 Å². The van der Waals surface area contributed by atoms with E-state index >= 15 is 0 Å². The van der Waals surface area contributed by atoms with E-state index in [2.05, 4.69) is 30.4 Å². The van der Waals surface area contributed by atoms with Crippen LogP contribution < -0.4 is 9.86 Å². The number of nitrogens with zero attached hydrogens (tertiary/aromatic N) is 2. The van der Waals surface area contributed by atoms with E-state index in [1.807, 2.05) is 11.4 Å². The second kappa shape index (κ2) is 6.92. The number of nitrogens with one attached hydrogen (secondary N) is 1. The van der Waals surface area contributed by atoms with E-state index in [4.69, 9.17) is 5.14 Å². The summed E-state index contributed by atoms with van der Waals surface area (Å²) in [6.07, 6.45) is 0. The Labute approximate surface area is 80.9 Å². The molecule has 0 aromatic rings. The summed E-state index contributed by atoms with van der Waals surface area (Å²) in [4.78, 5) is 0. The molecule has 3 N–H and O–H groups in total. The van der Waals surface area contributed by atoms with Gasteiger partial charge in [-0.15, -0.1) is 3.12 Å². The van der Waals surface area contributed by atoms with Gasteiger partial charge in [0.15, 0.2) is 0 Å². The summed E-state index contributed by atoms with van der Waals surface area (Å²) < 4.78 is 6.15. The predicted octanol–water partition coefficient (Wildman–Crippen LogP) is 0.542. The van der Waals surface area contributed by atoms with Crippen LogP contribution in [0.4, 0.5) is 0 Å². The first-order valence-electron chi connectivity index (χ1n) is 2.32. The standard InChI is InChI=1S/C2H10N4S4/c1-5(9-3)2-4-10-6(7)8/h4,7-8H,2-3H2,1H3. The molecule has 0 amide bonds. The highest BCUT2D eigenvalue weighted by molar-refractivity contribution is 8.14. The first kappa shape index (κ1) is 11.2. The first-order valence-corrected chi connectivity index (χ1v) is 4.73. The quantitative estimate of drug-likeness (QED) is 0.307. The summed E-state index contributed by atoms with van der Waals surface area (Å²) in [7, 11) is 1.87. The smallest absolute Gasteiger partial charge is 0.0697 e. The van der Waals surface area contributed by atoms with Gasteiger partial charge in [0.05, 0.1) is 6.67 Å². The second-order valence-electron chi connectivity index (χ2n) is 1.38. The molecule has 0 radical (unpaired) electrons. The minimum atomic E-state index is 0.670. The molecule has 0 rings (SSSR count). The van der Waals surface area contributed by atoms with Gasteiger partial charge in [-0.25, -0.2) is 9.03 Å². The highest BCUT2D eigenvalue weighted by Crippen LogP contribution is 2.10. The fourth-order valence-electron chi connectivity index (χ4n) is 0.215. The van der Waals surface area contributed by atoms with Gasteiger partial charge in [-0.3, -0.25) is 5.14 Å². The molecule has 0 unspecified atom stereocenters. The lowest BCUT2D eigenvalue weighted by Crippen LogP contribution is -2.23. The Hall–Kier alpha value is 1.24. The fourth-order valence-corrected chi connectivity index (χ4v) is 1.15. The van der Waals surface area contributed by atoms with Crippen molar-refractivity contribution in [2.24, 2.45) is 5.14 Å². The first-order chi connectivity index (χ1) is 4.66. The topological polar surface area (TPSA) is 44.5 Å². The van der Waals surface area contributed by atoms with Gasteiger partial charge in [-0.05, 0) is 0 Å². The van der Waals surface area contributed by atoms with Crippen molar-refractivity contribution in [2.45, 2.75) is 0 Å². The van der Waals surface area contributed by atoms with Crippen molar-refractivity contribution >= 4 is 49.9 Å². The molecule has 0 spiro atoms. The third-order valence-electron chi connectivity index (χ3n) is 0.613. The normalized spacial score (nSPS) is 11.4. The van der Waals surface area contributed by atoms with Crippen LogP contribution in [0.15, 0.2) is 0 Å². The zero-order valence-electron chi connectivity index (χ0n) is 5.39. The minimum absolute atomic E-state index is 0.670. The molecule has 0 fully saturated rings. The zero-order valence-corrected chi connectivity index (χ0v) is 8.81. The molecule has 8 heteroatoms. The maximum Gasteiger partial charge on any atom is 0.0697 e. The average molecular weight is 218 g/mol. The third-order valence-corrected chi connectivity index (χ3v) is 2.01. The molecule has 0 aromatic heterocycles. The van der Waals surface area contributed by atoms with Crippen LogP contribution in [0, 0.1) is 0 Å². The zero-order chi connectivity index (χ0) is 7.98. The Morgan fingerprint density at radius 2 is 2.20 bits per heavy atom. The molecule has 0 bridgehead atoms. The van der Waals surface area contributed by atoms with E-state index in [1.54, 1.807) is 0 Å². The van der Waals surface area contributed by atoms with Crippen molar-refractivity contribution in [1.29, 1.82) is 0 Å². The van der Waals surface area contributed by atoms with Gasteiger partial charge in [0.2, 0.25) is 0 Å². The van der Waals surface area contributed by atoms with Crippen molar-refractivity contribution in [2.75, 3.05) is 13.7 Å². The molecule has 0 aliphatic rings. The predicted molar refractivity (Wildman–Crippen MR) is 54.9 cm³/mol. The summed E-state index contributed by atoms with van der Waals surface area (Å²) in [6, 6.07) is 0. The Morgan fingerprint density at radius 3 is 2.60 bits per heavy atom. The van der Waals surface area contributed by atoms with Gasteiger partial charge in [0.1, 0.15) is 0 Å². The highest BCUT2D eigenvalue weighted by Gasteiger charge is 1.95. The van der Waals surface area contributed by atoms with Crippen LogP contribution in [-0.2, 0) is 0 Å². The summed E-state index contributed by atoms with van der Waals surface area (Å²) in [6.45, 7) is 0.670. The molecular formula is C2H10N4S4. The van der Waals surface area contributed by atoms with Gasteiger partial charge >= 0.3 is 0 Å². The molecular weight excluding hydrogens is 208 g/mol.